The van der Waals surface area contributed by atoms with Crippen molar-refractivity contribution in [2.24, 2.45) is 7.05 Å². The summed E-state index contributed by atoms with van der Waals surface area (Å²) >= 11 is 0. The number of hydrogen-bond acceptors (Lipinski definition) is 9. The summed E-state index contributed by atoms with van der Waals surface area (Å²) in [4.78, 5) is 42.9. The van der Waals surface area contributed by atoms with Crippen molar-refractivity contribution in [2.45, 2.75) is 25.9 Å². The molecule has 0 bridgehead atoms. The second-order valence-corrected chi connectivity index (χ2v) is 9.56. The van der Waals surface area contributed by atoms with Gasteiger partial charge in [0.25, 0.3) is 11.8 Å². The number of carbonyl (C=O) groups is 2. The van der Waals surface area contributed by atoms with Gasteiger partial charge in [0.05, 0.1) is 51.8 Å². The molecule has 3 N–H and O–H groups in total. The Hall–Kier alpha value is -4.98. The van der Waals surface area contributed by atoms with Crippen LogP contribution in [0.5, 0.6) is 0 Å². The Kier molecular flexibility index (Phi) is 5.45. The second-order valence-electron chi connectivity index (χ2n) is 9.56. The van der Waals surface area contributed by atoms with E-state index in [4.69, 9.17) is 10.7 Å². The maximum atomic E-state index is 13.1. The molecule has 0 radical (unpaired) electrons. The molecule has 0 spiro atoms. The van der Waals surface area contributed by atoms with Crippen LogP contribution in [0.3, 0.4) is 0 Å². The number of amides is 2. The lowest BCUT2D eigenvalue weighted by atomic mass is 10.1. The Bertz CT molecular complexity index is 1630. The van der Waals surface area contributed by atoms with Crippen LogP contribution < -0.4 is 16.0 Å². The molecule has 190 valence electrons. The zero-order valence-corrected chi connectivity index (χ0v) is 21.0. The Labute approximate surface area is 218 Å². The topological polar surface area (TPSA) is 146 Å². The van der Waals surface area contributed by atoms with Gasteiger partial charge in [-0.25, -0.2) is 9.97 Å². The van der Waals surface area contributed by atoms with E-state index in [1.807, 2.05) is 23.9 Å². The van der Waals surface area contributed by atoms with Crippen LogP contribution >= 0.6 is 0 Å². The molecule has 1 unspecified atom stereocenters. The standard InChI is InChI=1S/C27H25N9O2/c1-15-19(12-28)24(33-27(29)31-15)30-13-21-23(11-22-20(32-21)8-9-34(22)2)35-10-7-16(14-35)36-25(37)17-5-3-4-6-18(17)26(36)38/h3-6,8-9,11,16H,7,10,13-14H2,1-2H3,(H3,29,30,31,33). The maximum absolute atomic E-state index is 13.1. The van der Waals surface area contributed by atoms with Crippen molar-refractivity contribution >= 4 is 40.3 Å². The molecule has 4 aromatic rings. The van der Waals surface area contributed by atoms with Gasteiger partial charge in [0.1, 0.15) is 17.5 Å². The Morgan fingerprint density at radius 3 is 2.58 bits per heavy atom. The number of nitrogens with one attached hydrogen (secondary N) is 1. The van der Waals surface area contributed by atoms with Crippen LogP contribution in [0.1, 0.15) is 44.1 Å². The van der Waals surface area contributed by atoms with Gasteiger partial charge in [-0.05, 0) is 37.6 Å². The lowest BCUT2D eigenvalue weighted by Gasteiger charge is -2.25. The van der Waals surface area contributed by atoms with E-state index in [2.05, 4.69) is 32.3 Å². The van der Waals surface area contributed by atoms with Crippen LogP contribution in [0.15, 0.2) is 42.6 Å². The fourth-order valence-corrected chi connectivity index (χ4v) is 5.35. The highest BCUT2D eigenvalue weighted by Crippen LogP contribution is 2.33. The van der Waals surface area contributed by atoms with Gasteiger partial charge in [-0.2, -0.15) is 10.2 Å². The van der Waals surface area contributed by atoms with Gasteiger partial charge in [-0.3, -0.25) is 14.5 Å². The third-order valence-electron chi connectivity index (χ3n) is 7.26. The van der Waals surface area contributed by atoms with E-state index in [0.717, 1.165) is 22.4 Å². The van der Waals surface area contributed by atoms with Gasteiger partial charge in [0, 0.05) is 26.3 Å². The van der Waals surface area contributed by atoms with Crippen LogP contribution in [0.25, 0.3) is 11.0 Å². The highest BCUT2D eigenvalue weighted by Gasteiger charge is 2.42. The number of aryl methyl sites for hydroxylation is 2. The van der Waals surface area contributed by atoms with E-state index >= 15 is 0 Å². The fourth-order valence-electron chi connectivity index (χ4n) is 5.35. The van der Waals surface area contributed by atoms with Gasteiger partial charge >= 0.3 is 0 Å². The number of hydrogen-bond donors (Lipinski definition) is 2. The molecular formula is C27H25N9O2. The molecule has 2 amide bonds. The number of nitrogens with zero attached hydrogens (tertiary/aromatic N) is 7. The SMILES string of the molecule is Cc1nc(N)nc(NCc2nc3ccn(C)c3cc2N2CCC(N3C(=O)c4ccccc4C3=O)C2)c1C#N. The first kappa shape index (κ1) is 23.4. The fraction of sp³-hybridized carbons (Fsp3) is 0.259. The first-order valence-corrected chi connectivity index (χ1v) is 12.3. The number of rotatable bonds is 5. The van der Waals surface area contributed by atoms with Crippen LogP contribution in [-0.4, -0.2) is 55.4 Å². The Morgan fingerprint density at radius 1 is 1.13 bits per heavy atom. The Morgan fingerprint density at radius 2 is 1.87 bits per heavy atom. The van der Waals surface area contributed by atoms with Gasteiger partial charge in [0.15, 0.2) is 0 Å². The molecule has 0 aliphatic carbocycles. The highest BCUT2D eigenvalue weighted by molar-refractivity contribution is 6.21. The molecule has 1 aromatic carbocycles. The number of nitriles is 1. The highest BCUT2D eigenvalue weighted by atomic mass is 16.2. The normalized spacial score (nSPS) is 16.8. The van der Waals surface area contributed by atoms with Crippen molar-refractivity contribution in [3.05, 3.63) is 70.7 Å². The number of aromatic nitrogens is 4. The molecule has 2 aliphatic rings. The average molecular weight is 508 g/mol. The van der Waals surface area contributed by atoms with E-state index in [9.17, 15) is 14.9 Å². The van der Waals surface area contributed by atoms with Gasteiger partial charge in [-0.15, -0.1) is 0 Å². The lowest BCUT2D eigenvalue weighted by Crippen LogP contribution is -2.41. The quantitative estimate of drug-likeness (QED) is 0.389. The van der Waals surface area contributed by atoms with E-state index in [1.54, 1.807) is 31.2 Å². The van der Waals surface area contributed by atoms with Crippen LogP contribution in [-0.2, 0) is 13.6 Å². The summed E-state index contributed by atoms with van der Waals surface area (Å²) in [6.45, 7) is 3.16. The number of pyridine rings is 1. The number of fused-ring (bicyclic) bond motifs is 2. The van der Waals surface area contributed by atoms with E-state index in [0.29, 0.717) is 54.3 Å². The van der Waals surface area contributed by atoms with Crippen LogP contribution in [0, 0.1) is 18.3 Å². The van der Waals surface area contributed by atoms with Crippen molar-refractivity contribution < 1.29 is 9.59 Å². The van der Waals surface area contributed by atoms with Crippen LogP contribution in [0.4, 0.5) is 17.5 Å². The number of nitrogens with two attached hydrogens (primary N) is 1. The molecule has 1 atom stereocenters. The van der Waals surface area contributed by atoms with Crippen molar-refractivity contribution in [3.8, 4) is 6.07 Å². The molecule has 5 heterocycles. The molecule has 11 heteroatoms. The zero-order valence-electron chi connectivity index (χ0n) is 21.0. The maximum Gasteiger partial charge on any atom is 0.261 e. The summed E-state index contributed by atoms with van der Waals surface area (Å²) in [7, 11) is 1.96. The number of nitrogen functional groups attached to an aromatic ring is 1. The van der Waals surface area contributed by atoms with Crippen molar-refractivity contribution in [1.29, 1.82) is 5.26 Å². The van der Waals surface area contributed by atoms with Crippen LogP contribution in [0.2, 0.25) is 0 Å². The smallest absolute Gasteiger partial charge is 0.261 e. The van der Waals surface area contributed by atoms with E-state index in [-0.39, 0.29) is 23.8 Å². The van der Waals surface area contributed by atoms with Crippen molar-refractivity contribution in [1.82, 2.24) is 24.4 Å². The van der Waals surface area contributed by atoms with E-state index in [1.165, 1.54) is 4.90 Å². The molecule has 1 saturated heterocycles. The number of carbonyl (C=O) groups excluding carboxylic acids is 2. The molecule has 3 aromatic heterocycles. The predicted molar refractivity (Wildman–Crippen MR) is 141 cm³/mol. The zero-order chi connectivity index (χ0) is 26.6. The monoisotopic (exact) mass is 507 g/mol. The largest absolute Gasteiger partial charge is 0.368 e. The van der Waals surface area contributed by atoms with Crippen molar-refractivity contribution in [3.63, 3.8) is 0 Å². The minimum Gasteiger partial charge on any atom is -0.368 e. The molecular weight excluding hydrogens is 482 g/mol. The molecule has 0 saturated carbocycles. The summed E-state index contributed by atoms with van der Waals surface area (Å²) in [6.07, 6.45) is 2.61. The Balaban J connectivity index is 1.31. The number of anilines is 3. The van der Waals surface area contributed by atoms with E-state index < -0.39 is 0 Å². The first-order chi connectivity index (χ1) is 18.4. The third-order valence-corrected chi connectivity index (χ3v) is 7.26. The van der Waals surface area contributed by atoms with Gasteiger partial charge < -0.3 is 20.5 Å². The summed E-state index contributed by atoms with van der Waals surface area (Å²) < 4.78 is 2.00. The summed E-state index contributed by atoms with van der Waals surface area (Å²) in [6, 6.07) is 12.9. The first-order valence-electron chi connectivity index (χ1n) is 12.3. The molecule has 2 aliphatic heterocycles. The summed E-state index contributed by atoms with van der Waals surface area (Å²) in [5, 5.41) is 12.8. The third kappa shape index (κ3) is 3.69. The number of benzene rings is 1. The second kappa shape index (κ2) is 8.85. The predicted octanol–water partition coefficient (Wildman–Crippen LogP) is 2.61. The van der Waals surface area contributed by atoms with Crippen molar-refractivity contribution in [2.75, 3.05) is 29.0 Å². The molecule has 6 rings (SSSR count). The minimum absolute atomic E-state index is 0.0824. The minimum atomic E-state index is -0.248. The summed E-state index contributed by atoms with van der Waals surface area (Å²) in [5.41, 5.74) is 11.0. The summed E-state index contributed by atoms with van der Waals surface area (Å²) in [5.74, 6) is -0.0463. The lowest BCUT2D eigenvalue weighted by molar-refractivity contribution is 0.0598. The molecule has 1 fully saturated rings. The molecule has 38 heavy (non-hydrogen) atoms. The average Bonchev–Trinajstić information content (AvgIpc) is 3.59. The van der Waals surface area contributed by atoms with Gasteiger partial charge in [0.2, 0.25) is 5.95 Å². The number of imide groups is 1. The molecule has 11 nitrogen and oxygen atoms in total. The van der Waals surface area contributed by atoms with Gasteiger partial charge in [-0.1, -0.05) is 12.1 Å².